The minimum Gasteiger partial charge on any atom is -0.378 e. The van der Waals surface area contributed by atoms with E-state index in [1.165, 1.54) is 23.6 Å². The van der Waals surface area contributed by atoms with Crippen LogP contribution >= 0.6 is 0 Å². The molecule has 2 saturated heterocycles. The number of benzene rings is 2. The van der Waals surface area contributed by atoms with Crippen molar-refractivity contribution < 1.29 is 18.7 Å². The number of carbonyl (C=O) groups is 1. The molecule has 3 heterocycles. The molecule has 7 heteroatoms. The van der Waals surface area contributed by atoms with Crippen molar-refractivity contribution in [1.82, 2.24) is 9.88 Å². The van der Waals surface area contributed by atoms with Crippen LogP contribution in [-0.2, 0) is 28.9 Å². The van der Waals surface area contributed by atoms with Gasteiger partial charge in [-0.1, -0.05) is 12.1 Å². The van der Waals surface area contributed by atoms with Crippen LogP contribution in [0.15, 0.2) is 42.5 Å². The number of fused-ring (bicyclic) bond motifs is 2. The Hall–Kier alpha value is -3.03. The summed E-state index contributed by atoms with van der Waals surface area (Å²) in [4.78, 5) is 22.8. The van der Waals surface area contributed by atoms with E-state index in [2.05, 4.69) is 23.1 Å². The molecular formula is C29H32FN3O3. The molecule has 6 nitrogen and oxygen atoms in total. The molecule has 0 radical (unpaired) electrons. The Morgan fingerprint density at radius 3 is 2.64 bits per heavy atom. The number of anilines is 1. The molecule has 1 atom stereocenters. The summed E-state index contributed by atoms with van der Waals surface area (Å²) in [7, 11) is 0. The van der Waals surface area contributed by atoms with Crippen molar-refractivity contribution in [3.63, 3.8) is 0 Å². The molecule has 2 fully saturated rings. The van der Waals surface area contributed by atoms with Gasteiger partial charge in [0.25, 0.3) is 5.91 Å². The van der Waals surface area contributed by atoms with Crippen LogP contribution in [0.3, 0.4) is 0 Å². The summed E-state index contributed by atoms with van der Waals surface area (Å²) in [6.07, 6.45) is 5.23. The normalized spacial score (nSPS) is 19.6. The molecule has 0 saturated carbocycles. The van der Waals surface area contributed by atoms with E-state index in [4.69, 9.17) is 14.5 Å². The van der Waals surface area contributed by atoms with Crippen LogP contribution in [0, 0.1) is 5.82 Å². The number of pyridine rings is 1. The highest BCUT2D eigenvalue weighted by Gasteiger charge is 2.28. The van der Waals surface area contributed by atoms with Crippen LogP contribution in [0.5, 0.6) is 0 Å². The second-order valence-corrected chi connectivity index (χ2v) is 10.0. The summed E-state index contributed by atoms with van der Waals surface area (Å²) in [5.41, 5.74) is 4.85. The van der Waals surface area contributed by atoms with Gasteiger partial charge in [0, 0.05) is 43.7 Å². The molecule has 36 heavy (non-hydrogen) atoms. The number of carbonyl (C=O) groups excluding carboxylic acids is 1. The van der Waals surface area contributed by atoms with Gasteiger partial charge in [-0.05, 0) is 73.6 Å². The molecule has 1 aromatic heterocycles. The fraction of sp³-hybridized carbons (Fsp3) is 0.448. The lowest BCUT2D eigenvalue weighted by molar-refractivity contribution is 0.0503. The fourth-order valence-corrected chi connectivity index (χ4v) is 5.71. The lowest BCUT2D eigenvalue weighted by Gasteiger charge is -2.32. The van der Waals surface area contributed by atoms with Gasteiger partial charge in [0.2, 0.25) is 0 Å². The first-order chi connectivity index (χ1) is 17.7. The Morgan fingerprint density at radius 2 is 1.86 bits per heavy atom. The second kappa shape index (κ2) is 10.1. The van der Waals surface area contributed by atoms with Gasteiger partial charge < -0.3 is 19.3 Å². The summed E-state index contributed by atoms with van der Waals surface area (Å²) in [5.74, 6) is 0.0773. The van der Waals surface area contributed by atoms with Gasteiger partial charge in [-0.3, -0.25) is 4.79 Å². The number of hydrogen-bond donors (Lipinski definition) is 0. The van der Waals surface area contributed by atoms with E-state index in [-0.39, 0.29) is 17.6 Å². The standard InChI is InChI=1S/C29H32FN3O3/c30-26-9-2-1-8-25(26)29(34)33(19-24-7-4-12-36-24)18-23-16-22-15-20-5-3-6-21(20)17-27(22)31-28(23)32-10-13-35-14-11-32/h1-2,8-9,15-17,24H,3-7,10-14,18-19H2. The zero-order valence-electron chi connectivity index (χ0n) is 20.5. The highest BCUT2D eigenvalue weighted by Crippen LogP contribution is 2.31. The molecule has 1 amide bonds. The number of aromatic nitrogens is 1. The Labute approximate surface area is 211 Å². The van der Waals surface area contributed by atoms with Gasteiger partial charge in [0.15, 0.2) is 0 Å². The van der Waals surface area contributed by atoms with Crippen LogP contribution in [0.2, 0.25) is 0 Å². The van der Waals surface area contributed by atoms with Gasteiger partial charge in [0.1, 0.15) is 11.6 Å². The van der Waals surface area contributed by atoms with Crippen molar-refractivity contribution in [2.45, 2.75) is 44.8 Å². The molecule has 3 aromatic rings. The number of aryl methyl sites for hydroxylation is 2. The van der Waals surface area contributed by atoms with Gasteiger partial charge >= 0.3 is 0 Å². The average Bonchev–Trinajstić information content (AvgIpc) is 3.59. The molecule has 0 spiro atoms. The molecule has 2 aromatic carbocycles. The van der Waals surface area contributed by atoms with Gasteiger partial charge in [-0.15, -0.1) is 0 Å². The molecule has 1 unspecified atom stereocenters. The maximum atomic E-state index is 14.6. The predicted octanol–water partition coefficient (Wildman–Crippen LogP) is 4.52. The molecule has 188 valence electrons. The number of halogens is 1. The number of amides is 1. The Bertz CT molecular complexity index is 1270. The fourth-order valence-electron chi connectivity index (χ4n) is 5.71. The monoisotopic (exact) mass is 489 g/mol. The molecular weight excluding hydrogens is 457 g/mol. The molecule has 2 aliphatic heterocycles. The maximum Gasteiger partial charge on any atom is 0.257 e. The van der Waals surface area contributed by atoms with Crippen LogP contribution in [0.4, 0.5) is 10.2 Å². The first-order valence-electron chi connectivity index (χ1n) is 13.1. The van der Waals surface area contributed by atoms with Crippen molar-refractivity contribution in [1.29, 1.82) is 0 Å². The van der Waals surface area contributed by atoms with Crippen LogP contribution in [-0.4, -0.2) is 61.3 Å². The SMILES string of the molecule is O=C(c1ccccc1F)N(Cc1cc2cc3c(cc2nc1N1CCOCC1)CCC3)CC1CCCO1. The largest absolute Gasteiger partial charge is 0.378 e. The zero-order valence-corrected chi connectivity index (χ0v) is 20.5. The zero-order chi connectivity index (χ0) is 24.5. The Kier molecular flexibility index (Phi) is 6.59. The number of morpholine rings is 1. The number of hydrogen-bond acceptors (Lipinski definition) is 5. The first-order valence-corrected chi connectivity index (χ1v) is 13.1. The maximum absolute atomic E-state index is 14.6. The van der Waals surface area contributed by atoms with E-state index in [1.54, 1.807) is 23.1 Å². The summed E-state index contributed by atoms with van der Waals surface area (Å²) >= 11 is 0. The van der Waals surface area contributed by atoms with Gasteiger partial charge in [-0.2, -0.15) is 0 Å². The predicted molar refractivity (Wildman–Crippen MR) is 137 cm³/mol. The third-order valence-electron chi connectivity index (χ3n) is 7.60. The summed E-state index contributed by atoms with van der Waals surface area (Å²) in [6, 6.07) is 12.9. The number of ether oxygens (including phenoxy) is 2. The van der Waals surface area contributed by atoms with Crippen molar-refractivity contribution in [3.05, 3.63) is 70.5 Å². The average molecular weight is 490 g/mol. The highest BCUT2D eigenvalue weighted by atomic mass is 19.1. The lowest BCUT2D eigenvalue weighted by atomic mass is 10.0. The number of nitrogens with zero attached hydrogens (tertiary/aromatic N) is 3. The smallest absolute Gasteiger partial charge is 0.257 e. The first kappa shape index (κ1) is 23.4. The minimum absolute atomic E-state index is 0.0377. The van der Waals surface area contributed by atoms with Gasteiger partial charge in [-0.25, -0.2) is 9.37 Å². The van der Waals surface area contributed by atoms with Crippen molar-refractivity contribution >= 4 is 22.6 Å². The van der Waals surface area contributed by atoms with Crippen molar-refractivity contribution in [3.8, 4) is 0 Å². The van der Waals surface area contributed by atoms with E-state index in [1.807, 2.05) is 0 Å². The minimum atomic E-state index is -0.500. The van der Waals surface area contributed by atoms with E-state index in [0.29, 0.717) is 32.9 Å². The third-order valence-corrected chi connectivity index (χ3v) is 7.60. The second-order valence-electron chi connectivity index (χ2n) is 10.0. The highest BCUT2D eigenvalue weighted by molar-refractivity contribution is 5.94. The van der Waals surface area contributed by atoms with Crippen LogP contribution < -0.4 is 4.90 Å². The summed E-state index contributed by atoms with van der Waals surface area (Å²) < 4.78 is 26.1. The molecule has 3 aliphatic rings. The van der Waals surface area contributed by atoms with Crippen molar-refractivity contribution in [2.75, 3.05) is 44.4 Å². The van der Waals surface area contributed by atoms with Crippen LogP contribution in [0.1, 0.15) is 46.3 Å². The molecule has 6 rings (SSSR count). The van der Waals surface area contributed by atoms with Crippen LogP contribution in [0.25, 0.3) is 10.9 Å². The third kappa shape index (κ3) is 4.70. The Morgan fingerprint density at radius 1 is 1.06 bits per heavy atom. The quantitative estimate of drug-likeness (QED) is 0.510. The van der Waals surface area contributed by atoms with Gasteiger partial charge in [0.05, 0.1) is 30.4 Å². The van der Waals surface area contributed by atoms with E-state index in [0.717, 1.165) is 61.1 Å². The molecule has 1 aliphatic carbocycles. The lowest BCUT2D eigenvalue weighted by Crippen LogP contribution is -2.40. The molecule has 0 bridgehead atoms. The van der Waals surface area contributed by atoms with Crippen molar-refractivity contribution in [2.24, 2.45) is 0 Å². The van der Waals surface area contributed by atoms with E-state index >= 15 is 0 Å². The van der Waals surface area contributed by atoms with E-state index < -0.39 is 5.82 Å². The molecule has 0 N–H and O–H groups in total. The summed E-state index contributed by atoms with van der Waals surface area (Å²) in [6.45, 7) is 4.28. The van der Waals surface area contributed by atoms with E-state index in [9.17, 15) is 9.18 Å². The number of rotatable bonds is 6. The summed E-state index contributed by atoms with van der Waals surface area (Å²) in [5, 5.41) is 1.10. The Balaban J connectivity index is 1.40. The topological polar surface area (TPSA) is 54.9 Å².